The Hall–Kier alpha value is -6.97. The van der Waals surface area contributed by atoms with Gasteiger partial charge in [-0.15, -0.1) is 0 Å². The molecule has 2 aliphatic carbocycles. The van der Waals surface area contributed by atoms with E-state index in [1.807, 2.05) is 0 Å². The number of amides is 6. The second-order valence-electron chi connectivity index (χ2n) is 19.2. The van der Waals surface area contributed by atoms with E-state index in [4.69, 9.17) is 34.2 Å². The number of benzene rings is 3. The number of likely N-dealkylation sites (N-methyl/N-ethyl adjacent to an activating group) is 1. The maximum atomic E-state index is 13.5. The van der Waals surface area contributed by atoms with Gasteiger partial charge in [0.05, 0.1) is 49.2 Å². The van der Waals surface area contributed by atoms with Gasteiger partial charge < -0.3 is 86.5 Å². The fourth-order valence-electron chi connectivity index (χ4n) is 9.91. The molecule has 7 unspecified atom stereocenters. The molecule has 8 rings (SSSR count). The average Bonchev–Trinajstić information content (AvgIpc) is 3.97. The molecule has 78 heavy (non-hydrogen) atoms. The molecule has 3 aromatic carbocycles. The fourth-order valence-corrected chi connectivity index (χ4v) is 9.91. The zero-order valence-corrected chi connectivity index (χ0v) is 44.6. The number of nitrogens with zero attached hydrogens (tertiary/aromatic N) is 1. The number of carbonyl (C=O) groups is 7. The molecule has 0 saturated carbocycles. The topological polar surface area (TPSA) is 357 Å². The lowest BCUT2D eigenvalue weighted by Crippen LogP contribution is -2.53. The number of aromatic hydroxyl groups is 2. The number of primary amides is 1. The van der Waals surface area contributed by atoms with Crippen molar-refractivity contribution >= 4 is 47.1 Å². The molecule has 25 nitrogen and oxygen atoms in total. The Morgan fingerprint density at radius 2 is 1.62 bits per heavy atom. The van der Waals surface area contributed by atoms with Gasteiger partial charge in [-0.3, -0.25) is 28.9 Å². The van der Waals surface area contributed by atoms with Crippen molar-refractivity contribution in [2.45, 2.75) is 114 Å². The Morgan fingerprint density at radius 1 is 0.910 bits per heavy atom. The zero-order valence-electron chi connectivity index (χ0n) is 44.6. The van der Waals surface area contributed by atoms with E-state index in [1.165, 1.54) is 31.7 Å². The molecule has 3 fully saturated rings. The van der Waals surface area contributed by atoms with Gasteiger partial charge in [0.1, 0.15) is 41.6 Å². The largest absolute Gasteiger partial charge is 0.507 e. The van der Waals surface area contributed by atoms with Crippen LogP contribution in [0.15, 0.2) is 42.5 Å². The summed E-state index contributed by atoms with van der Waals surface area (Å²) in [5.74, 6) is -4.95. The molecule has 3 aromatic rings. The molecule has 6 amide bonds. The molecule has 8 atom stereocenters. The first kappa shape index (κ1) is 60.3. The van der Waals surface area contributed by atoms with Crippen LogP contribution in [0.25, 0.3) is 0 Å². The monoisotopic (exact) mass is 1090 g/mol. The predicted octanol–water partition coefficient (Wildman–Crippen LogP) is 1.34. The molecule has 0 aromatic heterocycles. The molecule has 0 radical (unpaired) electrons. The van der Waals surface area contributed by atoms with Crippen LogP contribution in [0.2, 0.25) is 0 Å². The van der Waals surface area contributed by atoms with Crippen LogP contribution in [-0.4, -0.2) is 176 Å². The van der Waals surface area contributed by atoms with Crippen molar-refractivity contribution in [3.63, 3.8) is 0 Å². The molecule has 3 saturated heterocycles. The number of ketones is 2. The number of anilines is 1. The molecule has 12 N–H and O–H groups in total. The van der Waals surface area contributed by atoms with Crippen molar-refractivity contribution in [3.05, 3.63) is 81.4 Å². The highest BCUT2D eigenvalue weighted by Gasteiger charge is 2.52. The van der Waals surface area contributed by atoms with Crippen LogP contribution < -0.4 is 42.4 Å². The van der Waals surface area contributed by atoms with Gasteiger partial charge in [-0.1, -0.05) is 44.5 Å². The van der Waals surface area contributed by atoms with E-state index in [2.05, 4.69) is 57.6 Å². The Labute approximate surface area is 451 Å². The number of morpholine rings is 1. The highest BCUT2D eigenvalue weighted by atomic mass is 16.7. The van der Waals surface area contributed by atoms with Crippen molar-refractivity contribution in [2.75, 3.05) is 72.5 Å². The fraction of sp³-hybridized carbons (Fsp3) is 0.528. The Balaban J connectivity index is 0.000000431. The molecule has 0 bridgehead atoms. The van der Waals surface area contributed by atoms with Gasteiger partial charge in [0.2, 0.25) is 17.6 Å². The van der Waals surface area contributed by atoms with E-state index >= 15 is 0 Å². The number of aliphatic hydroxyl groups excluding tert-OH is 1. The van der Waals surface area contributed by atoms with Crippen LogP contribution in [0.3, 0.4) is 0 Å². The number of hydrogen-bond acceptors (Lipinski definition) is 19. The van der Waals surface area contributed by atoms with Crippen molar-refractivity contribution in [1.29, 1.82) is 0 Å². The number of phenolic OH excluding ortho intramolecular Hbond substituents is 2. The van der Waals surface area contributed by atoms with E-state index < -0.39 is 94.6 Å². The van der Waals surface area contributed by atoms with Gasteiger partial charge >= 0.3 is 12.1 Å². The third-order valence-corrected chi connectivity index (χ3v) is 13.5. The number of ether oxygens (including phenoxy) is 6. The average molecular weight is 1090 g/mol. The summed E-state index contributed by atoms with van der Waals surface area (Å²) >= 11 is 0. The van der Waals surface area contributed by atoms with Crippen LogP contribution in [-0.2, 0) is 51.1 Å². The summed E-state index contributed by atoms with van der Waals surface area (Å²) in [7, 11) is 4.55. The van der Waals surface area contributed by atoms with Gasteiger partial charge in [0, 0.05) is 81.2 Å². The van der Waals surface area contributed by atoms with Crippen molar-refractivity contribution in [3.8, 4) is 17.2 Å². The lowest BCUT2D eigenvalue weighted by atomic mass is 9.72. The third-order valence-electron chi connectivity index (χ3n) is 13.5. The highest BCUT2D eigenvalue weighted by molar-refractivity contribution is 6.31. The second kappa shape index (κ2) is 27.6. The third kappa shape index (κ3) is 14.0. The summed E-state index contributed by atoms with van der Waals surface area (Å²) < 4.78 is 33.0. The van der Waals surface area contributed by atoms with Crippen LogP contribution in [0, 0.1) is 0 Å². The van der Waals surface area contributed by atoms with E-state index in [0.717, 1.165) is 26.2 Å². The van der Waals surface area contributed by atoms with Crippen molar-refractivity contribution in [2.24, 2.45) is 5.73 Å². The summed E-state index contributed by atoms with van der Waals surface area (Å²) in [6.07, 6.45) is -0.939. The van der Waals surface area contributed by atoms with Crippen LogP contribution >= 0.6 is 0 Å². The summed E-state index contributed by atoms with van der Waals surface area (Å²) in [5, 5.41) is 60.2. The first-order chi connectivity index (χ1) is 37.3. The molecule has 5 aliphatic rings. The number of phenols is 2. The van der Waals surface area contributed by atoms with Crippen LogP contribution in [0.5, 0.6) is 17.2 Å². The minimum atomic E-state index is -2.33. The molecular formula is C53H72N8O17. The number of urea groups is 1. The number of fused-ring (bicyclic) bond motifs is 6. The summed E-state index contributed by atoms with van der Waals surface area (Å²) in [4.78, 5) is 90.9. The number of aliphatic hydroxyl groups is 2. The summed E-state index contributed by atoms with van der Waals surface area (Å²) in [5.41, 5.74) is 1.84. The number of carbonyl (C=O) groups excluding carboxylic acids is 7. The lowest BCUT2D eigenvalue weighted by molar-refractivity contribution is -0.246. The highest BCUT2D eigenvalue weighted by Crippen LogP contribution is 2.51. The Bertz CT molecular complexity index is 2660. The molecule has 426 valence electrons. The quantitative estimate of drug-likeness (QED) is 0.0525. The SMILES string of the molecule is CCC.CNCC(=O)NC(CCCNC(N)=O)C(=O)Nc1ccc(COC(=O)NCCNC(=O)C2(O)Cc3c(O)c4c(c(O)c3C(O)C2)C(=O)c2c(OC)cccc2C4=O)cc1.COC1OCCN2C3CCOC(C)C3O[C@H]12. The zero-order chi connectivity index (χ0) is 56.8. The lowest BCUT2D eigenvalue weighted by Gasteiger charge is -2.37. The summed E-state index contributed by atoms with van der Waals surface area (Å²) in [6.45, 7) is 8.51. The second-order valence-corrected chi connectivity index (χ2v) is 19.2. The molecule has 0 spiro atoms. The van der Waals surface area contributed by atoms with Gasteiger partial charge in [0.15, 0.2) is 18.3 Å². The Kier molecular flexibility index (Phi) is 21.3. The number of hydrogen-bond donors (Lipinski definition) is 11. The molecule has 3 heterocycles. The van der Waals surface area contributed by atoms with Gasteiger partial charge in [-0.25, -0.2) is 9.59 Å². The van der Waals surface area contributed by atoms with Crippen LogP contribution in [0.1, 0.15) is 108 Å². The normalized spacial score (nSPS) is 23.1. The van der Waals surface area contributed by atoms with Gasteiger partial charge in [-0.2, -0.15) is 0 Å². The van der Waals surface area contributed by atoms with E-state index in [9.17, 15) is 54.0 Å². The van der Waals surface area contributed by atoms with E-state index in [-0.39, 0.29) is 91.9 Å². The predicted molar refractivity (Wildman–Crippen MR) is 279 cm³/mol. The molecule has 3 aliphatic heterocycles. The standard InChI is InChI=1S/C39H45N7O13.C11H19NO4.C3H8/c1-41-17-26(48)46-23(6-4-12-43-37(40)55)35(53)45-20-10-8-19(9-11-20)18-59-38(56)44-14-13-42-36(54)39(57)15-22-27(24(47)16-39)33(51)30-29(32(22)50)31(49)21-5-3-7-25(58-2)28(21)34(30)52;1-7-9-8(3-5-14-7)12-4-6-15-11(13-2)10(12)16-9;1-3-2/h3,5,7-11,23-24,41,47,50-51,57H,4,6,12-18H2,1-2H3,(H,42,54)(H,44,56)(H,45,53)(H,46,48)(H3,40,43,55);7-11H,3-6H2,1-2H3;3H2,1-2H3/t;7?,8?,9?,10-,11?;/m.1./s1. The van der Waals surface area contributed by atoms with Crippen LogP contribution in [0.4, 0.5) is 15.3 Å². The Morgan fingerprint density at radius 3 is 2.29 bits per heavy atom. The van der Waals surface area contributed by atoms with Crippen molar-refractivity contribution in [1.82, 2.24) is 31.5 Å². The summed E-state index contributed by atoms with van der Waals surface area (Å²) in [6, 6.07) is 9.49. The maximum absolute atomic E-state index is 13.5. The number of nitrogens with one attached hydrogen (secondary N) is 6. The number of alkyl carbamates (subject to hydrolysis) is 1. The minimum absolute atomic E-state index is 0.00544. The first-order valence-electron chi connectivity index (χ1n) is 25.8. The smallest absolute Gasteiger partial charge is 0.407 e. The van der Waals surface area contributed by atoms with E-state index in [0.29, 0.717) is 23.7 Å². The molecule has 25 heteroatoms. The number of rotatable bonds is 17. The number of methoxy groups -OCH3 is 2. The van der Waals surface area contributed by atoms with Gasteiger partial charge in [-0.05, 0) is 57.0 Å². The number of nitrogens with two attached hydrogens (primary N) is 1. The maximum Gasteiger partial charge on any atom is 0.407 e. The minimum Gasteiger partial charge on any atom is -0.507 e. The van der Waals surface area contributed by atoms with E-state index in [1.54, 1.807) is 38.4 Å². The molecular weight excluding hydrogens is 1020 g/mol. The van der Waals surface area contributed by atoms with Crippen molar-refractivity contribution < 1.29 is 82.4 Å². The first-order valence-corrected chi connectivity index (χ1v) is 25.8. The van der Waals surface area contributed by atoms with Gasteiger partial charge in [0.25, 0.3) is 5.91 Å².